The zero-order valence-electron chi connectivity index (χ0n) is 13.4. The number of amides is 1. The van der Waals surface area contributed by atoms with Crippen molar-refractivity contribution in [3.63, 3.8) is 0 Å². The first-order chi connectivity index (χ1) is 11.2. The van der Waals surface area contributed by atoms with Gasteiger partial charge in [0.15, 0.2) is 0 Å². The Morgan fingerprint density at radius 3 is 2.83 bits per heavy atom. The lowest BCUT2D eigenvalue weighted by molar-refractivity contribution is 0.0949. The van der Waals surface area contributed by atoms with E-state index in [1.54, 1.807) is 12.1 Å². The molecule has 0 spiro atoms. The Kier molecular flexibility index (Phi) is 4.50. The number of nitrogens with one attached hydrogen (secondary N) is 1. The Balaban J connectivity index is 1.67. The molecule has 1 amide bonds. The van der Waals surface area contributed by atoms with Crippen molar-refractivity contribution in [3.8, 4) is 5.88 Å². The minimum Gasteiger partial charge on any atom is -0.481 e. The van der Waals surface area contributed by atoms with Crippen LogP contribution in [-0.2, 0) is 19.4 Å². The van der Waals surface area contributed by atoms with Crippen LogP contribution < -0.4 is 10.1 Å². The molecule has 1 aliphatic rings. The fourth-order valence-corrected chi connectivity index (χ4v) is 2.82. The molecule has 120 valence electrons. The van der Waals surface area contributed by atoms with Crippen LogP contribution in [0.4, 0.5) is 0 Å². The largest absolute Gasteiger partial charge is 0.481 e. The average molecular weight is 312 g/mol. The first-order valence-electron chi connectivity index (χ1n) is 7.81. The molecular weight excluding hydrogens is 292 g/mol. The van der Waals surface area contributed by atoms with Gasteiger partial charge in [-0.05, 0) is 44.2 Å². The molecular formula is C17H20N4O2. The van der Waals surface area contributed by atoms with Gasteiger partial charge in [0, 0.05) is 23.7 Å². The summed E-state index contributed by atoms with van der Waals surface area (Å²) in [4.78, 5) is 25.3. The van der Waals surface area contributed by atoms with Gasteiger partial charge in [-0.2, -0.15) is 0 Å². The lowest BCUT2D eigenvalue weighted by atomic mass is 9.95. The monoisotopic (exact) mass is 312 g/mol. The van der Waals surface area contributed by atoms with Crippen LogP contribution in [0.1, 0.15) is 46.0 Å². The Morgan fingerprint density at radius 1 is 1.26 bits per heavy atom. The fraction of sp³-hybridized carbons (Fsp3) is 0.412. The van der Waals surface area contributed by atoms with Crippen LogP contribution >= 0.6 is 0 Å². The molecule has 0 aromatic carbocycles. The summed E-state index contributed by atoms with van der Waals surface area (Å²) in [6.07, 6.45) is 5.94. The molecule has 2 heterocycles. The third-order valence-corrected chi connectivity index (χ3v) is 4.05. The molecule has 3 rings (SSSR count). The van der Waals surface area contributed by atoms with Gasteiger partial charge in [-0.1, -0.05) is 0 Å². The Labute approximate surface area is 135 Å². The van der Waals surface area contributed by atoms with Gasteiger partial charge < -0.3 is 10.1 Å². The van der Waals surface area contributed by atoms with Crippen LogP contribution in [0.2, 0.25) is 0 Å². The average Bonchev–Trinajstić information content (AvgIpc) is 2.60. The Hall–Kier alpha value is -2.50. The minimum atomic E-state index is -0.195. The van der Waals surface area contributed by atoms with Crippen LogP contribution in [0, 0.1) is 6.92 Å². The lowest BCUT2D eigenvalue weighted by Gasteiger charge is -2.17. The van der Waals surface area contributed by atoms with E-state index >= 15 is 0 Å². The van der Waals surface area contributed by atoms with Gasteiger partial charge in [0.05, 0.1) is 19.2 Å². The number of rotatable bonds is 4. The van der Waals surface area contributed by atoms with Gasteiger partial charge >= 0.3 is 0 Å². The maximum atomic E-state index is 12.1. The third-order valence-electron chi connectivity index (χ3n) is 4.05. The van der Waals surface area contributed by atoms with E-state index in [9.17, 15) is 4.79 Å². The van der Waals surface area contributed by atoms with E-state index < -0.39 is 0 Å². The van der Waals surface area contributed by atoms with Gasteiger partial charge in [-0.3, -0.25) is 4.79 Å². The van der Waals surface area contributed by atoms with Crippen molar-refractivity contribution in [2.45, 2.75) is 39.2 Å². The van der Waals surface area contributed by atoms with E-state index in [-0.39, 0.29) is 5.91 Å². The molecule has 0 fully saturated rings. The van der Waals surface area contributed by atoms with E-state index in [0.717, 1.165) is 24.2 Å². The summed E-state index contributed by atoms with van der Waals surface area (Å²) in [7, 11) is 1.54. The number of aryl methyl sites for hydroxylation is 2. The van der Waals surface area contributed by atoms with Crippen LogP contribution in [0.3, 0.4) is 0 Å². The van der Waals surface area contributed by atoms with E-state index in [4.69, 9.17) is 4.74 Å². The number of nitrogens with zero attached hydrogens (tertiary/aromatic N) is 3. The second-order valence-electron chi connectivity index (χ2n) is 5.63. The molecule has 2 aromatic heterocycles. The molecule has 6 nitrogen and oxygen atoms in total. The Bertz CT molecular complexity index is 713. The highest BCUT2D eigenvalue weighted by Gasteiger charge is 2.16. The molecule has 0 bridgehead atoms. The van der Waals surface area contributed by atoms with E-state index in [2.05, 4.69) is 20.3 Å². The predicted octanol–water partition coefficient (Wildman–Crippen LogP) is 2.00. The highest BCUT2D eigenvalue weighted by Crippen LogP contribution is 2.21. The Morgan fingerprint density at radius 2 is 2.09 bits per heavy atom. The van der Waals surface area contributed by atoms with Gasteiger partial charge in [0.2, 0.25) is 5.88 Å². The zero-order valence-corrected chi connectivity index (χ0v) is 13.4. The van der Waals surface area contributed by atoms with E-state index in [0.29, 0.717) is 23.8 Å². The minimum absolute atomic E-state index is 0.195. The smallest absolute Gasteiger partial charge is 0.253 e. The molecule has 0 saturated heterocycles. The summed E-state index contributed by atoms with van der Waals surface area (Å²) < 4.78 is 4.98. The van der Waals surface area contributed by atoms with Gasteiger partial charge in [-0.25, -0.2) is 15.0 Å². The number of hydrogen-bond acceptors (Lipinski definition) is 5. The number of aromatic nitrogens is 3. The second-order valence-corrected chi connectivity index (χ2v) is 5.63. The third kappa shape index (κ3) is 3.47. The molecule has 0 aliphatic heterocycles. The molecule has 0 atom stereocenters. The zero-order chi connectivity index (χ0) is 16.2. The number of carbonyl (C=O) groups excluding carboxylic acids is 1. The van der Waals surface area contributed by atoms with Gasteiger partial charge in [-0.15, -0.1) is 0 Å². The van der Waals surface area contributed by atoms with Crippen molar-refractivity contribution in [1.82, 2.24) is 20.3 Å². The van der Waals surface area contributed by atoms with Crippen molar-refractivity contribution in [2.24, 2.45) is 0 Å². The number of ether oxygens (including phenoxy) is 1. The van der Waals surface area contributed by atoms with E-state index in [1.165, 1.54) is 31.7 Å². The van der Waals surface area contributed by atoms with Crippen molar-refractivity contribution in [2.75, 3.05) is 7.11 Å². The molecule has 23 heavy (non-hydrogen) atoms. The normalized spacial score (nSPS) is 13.3. The summed E-state index contributed by atoms with van der Waals surface area (Å²) in [6, 6.07) is 3.34. The van der Waals surface area contributed by atoms with Gasteiger partial charge in [0.1, 0.15) is 5.82 Å². The number of methoxy groups -OCH3 is 1. The molecule has 1 aliphatic carbocycles. The summed E-state index contributed by atoms with van der Waals surface area (Å²) in [5, 5.41) is 2.84. The SMILES string of the molecule is COc1ccc(C(=O)NCc2nc(C)c3c(n2)CCCC3)cn1. The number of carbonyl (C=O) groups is 1. The molecule has 1 N–H and O–H groups in total. The fourth-order valence-electron chi connectivity index (χ4n) is 2.82. The summed E-state index contributed by atoms with van der Waals surface area (Å²) >= 11 is 0. The van der Waals surface area contributed by atoms with Crippen molar-refractivity contribution in [1.29, 1.82) is 0 Å². The van der Waals surface area contributed by atoms with Gasteiger partial charge in [0.25, 0.3) is 5.91 Å². The standard InChI is InChI=1S/C17H20N4O2/c1-11-13-5-3-4-6-14(13)21-15(20-11)10-19-17(22)12-7-8-16(23-2)18-9-12/h7-9H,3-6,10H2,1-2H3,(H,19,22). The first kappa shape index (κ1) is 15.4. The van der Waals surface area contributed by atoms with Crippen LogP contribution in [0.15, 0.2) is 18.3 Å². The van der Waals surface area contributed by atoms with Crippen LogP contribution in [0.25, 0.3) is 0 Å². The maximum absolute atomic E-state index is 12.1. The lowest BCUT2D eigenvalue weighted by Crippen LogP contribution is -2.25. The summed E-state index contributed by atoms with van der Waals surface area (Å²) in [6.45, 7) is 2.34. The second kappa shape index (κ2) is 6.73. The number of hydrogen-bond donors (Lipinski definition) is 1. The molecule has 0 saturated carbocycles. The summed E-state index contributed by atoms with van der Waals surface area (Å²) in [5.74, 6) is 0.951. The van der Waals surface area contributed by atoms with E-state index in [1.807, 2.05) is 6.92 Å². The molecule has 2 aromatic rings. The predicted molar refractivity (Wildman–Crippen MR) is 85.4 cm³/mol. The maximum Gasteiger partial charge on any atom is 0.253 e. The van der Waals surface area contributed by atoms with Crippen molar-refractivity contribution >= 4 is 5.91 Å². The number of fused-ring (bicyclic) bond motifs is 1. The molecule has 6 heteroatoms. The molecule has 0 unspecified atom stereocenters. The number of pyridine rings is 1. The van der Waals surface area contributed by atoms with Crippen molar-refractivity contribution in [3.05, 3.63) is 46.7 Å². The van der Waals surface area contributed by atoms with Crippen molar-refractivity contribution < 1.29 is 9.53 Å². The van der Waals surface area contributed by atoms with Crippen LogP contribution in [-0.4, -0.2) is 28.0 Å². The summed E-state index contributed by atoms with van der Waals surface area (Å²) in [5.41, 5.74) is 3.94. The topological polar surface area (TPSA) is 77.0 Å². The quantitative estimate of drug-likeness (QED) is 0.934. The van der Waals surface area contributed by atoms with Crippen LogP contribution in [0.5, 0.6) is 5.88 Å². The molecule has 0 radical (unpaired) electrons. The first-order valence-corrected chi connectivity index (χ1v) is 7.81. The highest BCUT2D eigenvalue weighted by atomic mass is 16.5. The highest BCUT2D eigenvalue weighted by molar-refractivity contribution is 5.93.